The Morgan fingerprint density at radius 2 is 1.78 bits per heavy atom. The van der Waals surface area contributed by atoms with Gasteiger partial charge in [-0.05, 0) is 62.6 Å². The van der Waals surface area contributed by atoms with E-state index in [9.17, 15) is 22.4 Å². The molecule has 13 heteroatoms. The maximum atomic E-state index is 14.8. The summed E-state index contributed by atoms with van der Waals surface area (Å²) in [4.78, 5) is 26.6. The molecule has 0 aliphatic heterocycles. The van der Waals surface area contributed by atoms with Crippen molar-refractivity contribution in [3.63, 3.8) is 0 Å². The highest BCUT2D eigenvalue weighted by atomic mass is 35.5. The fourth-order valence-electron chi connectivity index (χ4n) is 4.07. The standard InChI is InChI=1S/C26H25ClFN5O5S.C2H6/c1-13-5-10-20(19(28)11-13)29-22-14(2)26(35)38-24-21(22)25(34)33(16-7-8-16)30-23(24)17-9-6-15(12-18(17)27)31-39(36,37)32(3)4;1-2/h5-6,9-12,16,29,31H,7-8H2,1-4H3;1-2H3. The normalized spacial score (nSPS) is 13.2. The van der Waals surface area contributed by atoms with Gasteiger partial charge in [0.25, 0.3) is 5.56 Å². The Balaban J connectivity index is 0.00000189. The number of anilines is 3. The molecule has 41 heavy (non-hydrogen) atoms. The first-order chi connectivity index (χ1) is 19.4. The average molecular weight is 604 g/mol. The van der Waals surface area contributed by atoms with E-state index in [1.54, 1.807) is 13.0 Å². The molecule has 1 aliphatic carbocycles. The topological polar surface area (TPSA) is 127 Å². The van der Waals surface area contributed by atoms with Gasteiger partial charge in [0.05, 0.1) is 33.7 Å². The first-order valence-electron chi connectivity index (χ1n) is 13.0. The Labute approximate surface area is 241 Å². The van der Waals surface area contributed by atoms with Crippen LogP contribution in [0.3, 0.4) is 0 Å². The van der Waals surface area contributed by atoms with E-state index in [0.29, 0.717) is 11.1 Å². The first kappa shape index (κ1) is 30.2. The van der Waals surface area contributed by atoms with E-state index in [4.69, 9.17) is 16.0 Å². The van der Waals surface area contributed by atoms with Crippen molar-refractivity contribution in [1.82, 2.24) is 14.1 Å². The van der Waals surface area contributed by atoms with E-state index in [2.05, 4.69) is 15.1 Å². The van der Waals surface area contributed by atoms with Crippen molar-refractivity contribution in [2.75, 3.05) is 24.1 Å². The van der Waals surface area contributed by atoms with Crippen LogP contribution in [-0.4, -0.2) is 36.6 Å². The Kier molecular flexibility index (Phi) is 8.57. The van der Waals surface area contributed by atoms with E-state index >= 15 is 0 Å². The zero-order chi connectivity index (χ0) is 30.2. The van der Waals surface area contributed by atoms with Crippen LogP contribution in [0.4, 0.5) is 21.5 Å². The lowest BCUT2D eigenvalue weighted by atomic mass is 10.1. The van der Waals surface area contributed by atoms with Crippen molar-refractivity contribution in [3.05, 3.63) is 79.1 Å². The highest BCUT2D eigenvalue weighted by Crippen LogP contribution is 2.39. The van der Waals surface area contributed by atoms with Crippen molar-refractivity contribution < 1.29 is 17.2 Å². The van der Waals surface area contributed by atoms with E-state index in [1.807, 2.05) is 13.8 Å². The van der Waals surface area contributed by atoms with E-state index < -0.39 is 27.2 Å². The lowest BCUT2D eigenvalue weighted by Gasteiger charge is -2.17. The van der Waals surface area contributed by atoms with Gasteiger partial charge in [0.2, 0.25) is 0 Å². The second kappa shape index (κ2) is 11.6. The number of halogens is 2. The predicted octanol–water partition coefficient (Wildman–Crippen LogP) is 5.75. The van der Waals surface area contributed by atoms with Gasteiger partial charge in [-0.25, -0.2) is 13.9 Å². The summed E-state index contributed by atoms with van der Waals surface area (Å²) in [5.41, 5.74) is 0.272. The molecular formula is C28H31ClFN5O5S. The van der Waals surface area contributed by atoms with Gasteiger partial charge in [0, 0.05) is 19.7 Å². The van der Waals surface area contributed by atoms with Gasteiger partial charge in [-0.3, -0.25) is 9.52 Å². The molecule has 2 heterocycles. The molecule has 0 radical (unpaired) electrons. The molecule has 0 atom stereocenters. The van der Waals surface area contributed by atoms with Crippen LogP contribution in [-0.2, 0) is 10.2 Å². The summed E-state index contributed by atoms with van der Waals surface area (Å²) >= 11 is 6.58. The van der Waals surface area contributed by atoms with Crippen molar-refractivity contribution in [2.24, 2.45) is 0 Å². The molecule has 2 aromatic carbocycles. The van der Waals surface area contributed by atoms with Gasteiger partial charge in [-0.15, -0.1) is 0 Å². The number of aryl methyl sites for hydroxylation is 1. The quantitative estimate of drug-likeness (QED) is 0.275. The fourth-order valence-corrected chi connectivity index (χ4v) is 4.95. The van der Waals surface area contributed by atoms with Crippen LogP contribution in [0.1, 0.15) is 43.9 Å². The Bertz CT molecular complexity index is 1870. The van der Waals surface area contributed by atoms with Gasteiger partial charge in [-0.1, -0.05) is 31.5 Å². The first-order valence-corrected chi connectivity index (χ1v) is 14.8. The minimum absolute atomic E-state index is 0.0254. The third-order valence-electron chi connectivity index (χ3n) is 6.43. The van der Waals surface area contributed by atoms with Crippen molar-refractivity contribution >= 4 is 49.8 Å². The molecule has 2 aromatic heterocycles. The zero-order valence-electron chi connectivity index (χ0n) is 23.5. The van der Waals surface area contributed by atoms with Crippen molar-refractivity contribution in [3.8, 4) is 11.3 Å². The van der Waals surface area contributed by atoms with Gasteiger partial charge >= 0.3 is 15.8 Å². The molecule has 1 aliphatic rings. The van der Waals surface area contributed by atoms with Gasteiger partial charge in [-0.2, -0.15) is 17.8 Å². The molecule has 218 valence electrons. The lowest BCUT2D eigenvalue weighted by molar-refractivity contribution is 0.527. The molecule has 4 aromatic rings. The molecular weight excluding hydrogens is 573 g/mol. The molecule has 5 rings (SSSR count). The Morgan fingerprint density at radius 3 is 2.37 bits per heavy atom. The van der Waals surface area contributed by atoms with Crippen LogP contribution >= 0.6 is 11.6 Å². The molecule has 1 saturated carbocycles. The number of hydrogen-bond acceptors (Lipinski definition) is 7. The lowest BCUT2D eigenvalue weighted by Crippen LogP contribution is -2.28. The Hall–Kier alpha value is -3.74. The van der Waals surface area contributed by atoms with Gasteiger partial charge < -0.3 is 9.73 Å². The van der Waals surface area contributed by atoms with Crippen LogP contribution < -0.4 is 21.2 Å². The molecule has 0 amide bonds. The van der Waals surface area contributed by atoms with Crippen LogP contribution in [0.25, 0.3) is 22.2 Å². The molecule has 1 fully saturated rings. The van der Waals surface area contributed by atoms with Crippen molar-refractivity contribution in [1.29, 1.82) is 0 Å². The fraction of sp³-hybridized carbons (Fsp3) is 0.321. The smallest absolute Gasteiger partial charge is 0.341 e. The average Bonchev–Trinajstić information content (AvgIpc) is 3.75. The van der Waals surface area contributed by atoms with Crippen LogP contribution in [0.15, 0.2) is 50.4 Å². The summed E-state index contributed by atoms with van der Waals surface area (Å²) in [6.07, 6.45) is 1.48. The van der Waals surface area contributed by atoms with E-state index in [0.717, 1.165) is 17.1 Å². The molecule has 0 bridgehead atoms. The highest BCUT2D eigenvalue weighted by Gasteiger charge is 2.31. The van der Waals surface area contributed by atoms with Crippen molar-refractivity contribution in [2.45, 2.75) is 46.6 Å². The number of hydrogen-bond donors (Lipinski definition) is 2. The molecule has 2 N–H and O–H groups in total. The summed E-state index contributed by atoms with van der Waals surface area (Å²) in [5.74, 6) is -0.550. The van der Waals surface area contributed by atoms with Gasteiger partial charge in [0.15, 0.2) is 5.58 Å². The second-order valence-electron chi connectivity index (χ2n) is 9.62. The molecule has 10 nitrogen and oxygen atoms in total. The third-order valence-corrected chi connectivity index (χ3v) is 8.19. The van der Waals surface area contributed by atoms with Crippen LogP contribution in [0.5, 0.6) is 0 Å². The number of fused-ring (bicyclic) bond motifs is 1. The number of benzene rings is 2. The second-order valence-corrected chi connectivity index (χ2v) is 11.9. The monoisotopic (exact) mass is 603 g/mol. The van der Waals surface area contributed by atoms with E-state index in [1.165, 1.54) is 56.0 Å². The van der Waals surface area contributed by atoms with Crippen LogP contribution in [0, 0.1) is 19.7 Å². The summed E-state index contributed by atoms with van der Waals surface area (Å²) in [6.45, 7) is 7.23. The SMILES string of the molecule is CC.Cc1ccc(Nc2c(C)c(=O)oc3c(-c4ccc(NS(=O)(=O)N(C)C)cc4Cl)nn(C4CC4)c(=O)c23)c(F)c1. The summed E-state index contributed by atoms with van der Waals surface area (Å²) in [6, 6.07) is 8.81. The highest BCUT2D eigenvalue weighted by molar-refractivity contribution is 7.90. The zero-order valence-corrected chi connectivity index (χ0v) is 25.1. The van der Waals surface area contributed by atoms with E-state index in [-0.39, 0.29) is 50.4 Å². The van der Waals surface area contributed by atoms with Crippen LogP contribution in [0.2, 0.25) is 5.02 Å². The number of nitrogens with one attached hydrogen (secondary N) is 2. The predicted molar refractivity (Wildman–Crippen MR) is 160 cm³/mol. The largest absolute Gasteiger partial charge is 0.420 e. The number of rotatable bonds is 7. The maximum absolute atomic E-state index is 14.8. The minimum atomic E-state index is -3.78. The van der Waals surface area contributed by atoms with Gasteiger partial charge in [0.1, 0.15) is 16.9 Å². The number of aromatic nitrogens is 2. The number of nitrogens with zero attached hydrogens (tertiary/aromatic N) is 3. The molecule has 0 unspecified atom stereocenters. The summed E-state index contributed by atoms with van der Waals surface area (Å²) < 4.78 is 49.6. The maximum Gasteiger partial charge on any atom is 0.341 e. The summed E-state index contributed by atoms with van der Waals surface area (Å²) in [5, 5.41) is 7.57. The third kappa shape index (κ3) is 5.99. The molecule has 0 saturated heterocycles. The minimum Gasteiger partial charge on any atom is -0.420 e. The summed E-state index contributed by atoms with van der Waals surface area (Å²) in [7, 11) is -1.02. The Morgan fingerprint density at radius 1 is 1.10 bits per heavy atom. The molecule has 0 spiro atoms.